The molecule has 110 valence electrons. The molecule has 1 saturated heterocycles. The molecule has 0 aliphatic carbocycles. The molecule has 0 radical (unpaired) electrons. The topological polar surface area (TPSA) is 162 Å². The van der Waals surface area contributed by atoms with Crippen molar-refractivity contribution in [3.8, 4) is 0 Å². The number of ether oxygens (including phenoxy) is 1. The SMILES string of the molecule is O=C(O)c1cnn(C2O[C@H](C(=O)O)[C@@H](O)[C@H](O)[C@H]2O)c1. The number of aliphatic carboxylic acids is 1. The number of carboxylic acid groups (broad SMARTS) is 2. The Morgan fingerprint density at radius 3 is 2.30 bits per heavy atom. The molecule has 0 saturated carbocycles. The van der Waals surface area contributed by atoms with Crippen molar-refractivity contribution >= 4 is 11.9 Å². The van der Waals surface area contributed by atoms with E-state index < -0.39 is 42.6 Å². The second-order valence-corrected chi connectivity index (χ2v) is 4.27. The van der Waals surface area contributed by atoms with Gasteiger partial charge in [0, 0.05) is 6.20 Å². The molecule has 2 heterocycles. The molecule has 1 aliphatic heterocycles. The average Bonchev–Trinajstić information content (AvgIpc) is 2.85. The molecule has 1 aliphatic rings. The lowest BCUT2D eigenvalue weighted by Crippen LogP contribution is -2.57. The van der Waals surface area contributed by atoms with Gasteiger partial charge >= 0.3 is 11.9 Å². The monoisotopic (exact) mass is 288 g/mol. The Kier molecular flexibility index (Phi) is 3.72. The Hall–Kier alpha value is -2.01. The number of aliphatic hydroxyl groups excluding tert-OH is 3. The van der Waals surface area contributed by atoms with E-state index in [1.807, 2.05) is 0 Å². The van der Waals surface area contributed by atoms with E-state index in [9.17, 15) is 24.9 Å². The van der Waals surface area contributed by atoms with Crippen LogP contribution in [0.4, 0.5) is 0 Å². The van der Waals surface area contributed by atoms with Crippen LogP contribution in [-0.2, 0) is 9.53 Å². The van der Waals surface area contributed by atoms with Gasteiger partial charge in [0.1, 0.15) is 18.3 Å². The normalized spacial score (nSPS) is 33.9. The molecule has 2 rings (SSSR count). The maximum Gasteiger partial charge on any atom is 0.338 e. The summed E-state index contributed by atoms with van der Waals surface area (Å²) in [5.74, 6) is -2.80. The second-order valence-electron chi connectivity index (χ2n) is 4.27. The van der Waals surface area contributed by atoms with E-state index in [-0.39, 0.29) is 5.56 Å². The van der Waals surface area contributed by atoms with Gasteiger partial charge in [0.2, 0.25) is 0 Å². The lowest BCUT2D eigenvalue weighted by Gasteiger charge is -2.38. The van der Waals surface area contributed by atoms with Crippen LogP contribution in [0.5, 0.6) is 0 Å². The highest BCUT2D eigenvalue weighted by atomic mass is 16.6. The quantitative estimate of drug-likeness (QED) is 0.409. The van der Waals surface area contributed by atoms with E-state index in [1.165, 1.54) is 0 Å². The standard InChI is InChI=1S/C10H12N2O8/c13-4-5(14)7(10(18)19)20-8(6(4)15)12-2-3(1-11-12)9(16)17/h1-2,4-8,13-15H,(H,16,17)(H,18,19)/t4-,5-,6+,7-,8?/m0/s1. The van der Waals surface area contributed by atoms with Gasteiger partial charge in [0.25, 0.3) is 0 Å². The summed E-state index contributed by atoms with van der Waals surface area (Å²) in [5, 5.41) is 50.1. The van der Waals surface area contributed by atoms with E-state index in [0.717, 1.165) is 17.1 Å². The number of nitrogens with zero attached hydrogens (tertiary/aromatic N) is 2. The Morgan fingerprint density at radius 1 is 1.15 bits per heavy atom. The fourth-order valence-electron chi connectivity index (χ4n) is 1.87. The molecular weight excluding hydrogens is 276 g/mol. The van der Waals surface area contributed by atoms with Crippen molar-refractivity contribution in [2.45, 2.75) is 30.6 Å². The van der Waals surface area contributed by atoms with Gasteiger partial charge in [-0.3, -0.25) is 0 Å². The Bertz CT molecular complexity index is 529. The van der Waals surface area contributed by atoms with Crippen LogP contribution in [-0.4, -0.2) is 71.7 Å². The number of hydrogen-bond acceptors (Lipinski definition) is 7. The number of carbonyl (C=O) groups is 2. The lowest BCUT2D eigenvalue weighted by molar-refractivity contribution is -0.249. The molecule has 1 aromatic rings. The van der Waals surface area contributed by atoms with Gasteiger partial charge in [0.15, 0.2) is 12.3 Å². The van der Waals surface area contributed by atoms with E-state index in [2.05, 4.69) is 5.10 Å². The first-order valence-corrected chi connectivity index (χ1v) is 5.53. The van der Waals surface area contributed by atoms with Gasteiger partial charge < -0.3 is 30.3 Å². The maximum atomic E-state index is 10.9. The smallest absolute Gasteiger partial charge is 0.338 e. The third-order valence-corrected chi connectivity index (χ3v) is 2.94. The molecule has 0 spiro atoms. The molecule has 1 aromatic heterocycles. The number of aromatic nitrogens is 2. The third-order valence-electron chi connectivity index (χ3n) is 2.94. The molecular formula is C10H12N2O8. The van der Waals surface area contributed by atoms with Crippen LogP contribution in [0.1, 0.15) is 16.6 Å². The van der Waals surface area contributed by atoms with Gasteiger partial charge in [-0.25, -0.2) is 14.3 Å². The second kappa shape index (κ2) is 5.17. The third kappa shape index (κ3) is 2.36. The van der Waals surface area contributed by atoms with E-state index >= 15 is 0 Å². The fourth-order valence-corrected chi connectivity index (χ4v) is 1.87. The minimum Gasteiger partial charge on any atom is -0.479 e. The predicted octanol–water partition coefficient (Wildman–Crippen LogP) is -2.35. The first-order chi connectivity index (χ1) is 9.32. The van der Waals surface area contributed by atoms with Crippen LogP contribution in [0.2, 0.25) is 0 Å². The summed E-state index contributed by atoms with van der Waals surface area (Å²) in [7, 11) is 0. The molecule has 0 aromatic carbocycles. The molecule has 10 nitrogen and oxygen atoms in total. The summed E-state index contributed by atoms with van der Waals surface area (Å²) in [5.41, 5.74) is -0.201. The summed E-state index contributed by atoms with van der Waals surface area (Å²) in [6.07, 6.45) is -6.45. The number of carboxylic acids is 2. The molecule has 10 heteroatoms. The molecule has 0 bridgehead atoms. The zero-order chi connectivity index (χ0) is 15.0. The van der Waals surface area contributed by atoms with Crippen LogP contribution in [0.25, 0.3) is 0 Å². The Labute approximate surface area is 111 Å². The van der Waals surface area contributed by atoms with Crippen LogP contribution >= 0.6 is 0 Å². The van der Waals surface area contributed by atoms with Gasteiger partial charge in [-0.05, 0) is 0 Å². The zero-order valence-electron chi connectivity index (χ0n) is 9.90. The van der Waals surface area contributed by atoms with Crippen molar-refractivity contribution in [1.29, 1.82) is 0 Å². The summed E-state index contributed by atoms with van der Waals surface area (Å²) >= 11 is 0. The predicted molar refractivity (Wildman–Crippen MR) is 58.8 cm³/mol. The molecule has 5 atom stereocenters. The first kappa shape index (κ1) is 14.4. The highest BCUT2D eigenvalue weighted by Crippen LogP contribution is 2.28. The van der Waals surface area contributed by atoms with Crippen molar-refractivity contribution in [3.63, 3.8) is 0 Å². The molecule has 1 fully saturated rings. The number of aliphatic hydroxyl groups is 3. The minimum atomic E-state index is -1.81. The largest absolute Gasteiger partial charge is 0.479 e. The van der Waals surface area contributed by atoms with Crippen LogP contribution in [0.15, 0.2) is 12.4 Å². The van der Waals surface area contributed by atoms with Crippen LogP contribution < -0.4 is 0 Å². The maximum absolute atomic E-state index is 10.9. The van der Waals surface area contributed by atoms with Crippen molar-refractivity contribution in [1.82, 2.24) is 9.78 Å². The highest BCUT2D eigenvalue weighted by molar-refractivity contribution is 5.86. The number of aromatic carboxylic acids is 1. The minimum absolute atomic E-state index is 0.201. The van der Waals surface area contributed by atoms with Crippen molar-refractivity contribution in [2.75, 3.05) is 0 Å². The summed E-state index contributed by atoms with van der Waals surface area (Å²) in [6.45, 7) is 0. The molecule has 20 heavy (non-hydrogen) atoms. The fraction of sp³-hybridized carbons (Fsp3) is 0.500. The highest BCUT2D eigenvalue weighted by Gasteiger charge is 2.47. The molecule has 0 amide bonds. The van der Waals surface area contributed by atoms with Crippen LogP contribution in [0, 0.1) is 0 Å². The average molecular weight is 288 g/mol. The van der Waals surface area contributed by atoms with E-state index in [4.69, 9.17) is 14.9 Å². The molecule has 1 unspecified atom stereocenters. The van der Waals surface area contributed by atoms with Gasteiger partial charge in [-0.15, -0.1) is 0 Å². The number of hydrogen-bond donors (Lipinski definition) is 5. The summed E-state index contributed by atoms with van der Waals surface area (Å²) < 4.78 is 5.84. The summed E-state index contributed by atoms with van der Waals surface area (Å²) in [6, 6.07) is 0. The van der Waals surface area contributed by atoms with Crippen LogP contribution in [0.3, 0.4) is 0 Å². The lowest BCUT2D eigenvalue weighted by atomic mass is 9.98. The van der Waals surface area contributed by atoms with Gasteiger partial charge in [-0.2, -0.15) is 5.10 Å². The number of rotatable bonds is 3. The summed E-state index contributed by atoms with van der Waals surface area (Å²) in [4.78, 5) is 21.6. The van der Waals surface area contributed by atoms with Crippen molar-refractivity contribution in [3.05, 3.63) is 18.0 Å². The van der Waals surface area contributed by atoms with Gasteiger partial charge in [-0.1, -0.05) is 0 Å². The Balaban J connectivity index is 2.29. The zero-order valence-corrected chi connectivity index (χ0v) is 9.90. The molecule has 5 N–H and O–H groups in total. The van der Waals surface area contributed by atoms with Crippen molar-refractivity contribution < 1.29 is 39.9 Å². The Morgan fingerprint density at radius 2 is 1.80 bits per heavy atom. The van der Waals surface area contributed by atoms with Crippen molar-refractivity contribution in [2.24, 2.45) is 0 Å². The first-order valence-electron chi connectivity index (χ1n) is 5.53. The van der Waals surface area contributed by atoms with Gasteiger partial charge in [0.05, 0.1) is 11.8 Å². The van der Waals surface area contributed by atoms with E-state index in [0.29, 0.717) is 0 Å². The van der Waals surface area contributed by atoms with E-state index in [1.54, 1.807) is 0 Å².